The second-order valence-electron chi connectivity index (χ2n) is 7.59. The number of hydrogen-bond acceptors (Lipinski definition) is 6. The molecule has 0 radical (unpaired) electrons. The number of H-pyrrole nitrogens is 1. The van der Waals surface area contributed by atoms with E-state index in [2.05, 4.69) is 33.7 Å². The van der Waals surface area contributed by atoms with Crippen LogP contribution in [0.1, 0.15) is 30.9 Å². The maximum atomic E-state index is 13.8. The molecule has 1 aliphatic carbocycles. The standard InChI is InChI=1S/C20H19FN6S/c21-12-7-8-27(10-12)20-23-17-13-3-1-2-4-15(13)28-18(17)19(24-20)22-16-9-14(25-26-16)11-5-6-11/h1-4,9,11-12H,5-8,10H2,(H2,22,23,24,25,26)/t12-/m0/s1. The minimum absolute atomic E-state index is 0.348. The average molecular weight is 394 g/mol. The lowest BCUT2D eigenvalue weighted by Gasteiger charge is -2.16. The zero-order chi connectivity index (χ0) is 18.7. The first-order valence-electron chi connectivity index (χ1n) is 9.65. The summed E-state index contributed by atoms with van der Waals surface area (Å²) in [5.41, 5.74) is 2.08. The van der Waals surface area contributed by atoms with Gasteiger partial charge >= 0.3 is 0 Å². The summed E-state index contributed by atoms with van der Waals surface area (Å²) in [6.45, 7) is 0.990. The zero-order valence-corrected chi connectivity index (χ0v) is 16.0. The van der Waals surface area contributed by atoms with E-state index in [1.165, 1.54) is 18.5 Å². The summed E-state index contributed by atoms with van der Waals surface area (Å²) in [4.78, 5) is 11.5. The lowest BCUT2D eigenvalue weighted by molar-refractivity contribution is 0.364. The molecule has 0 bridgehead atoms. The number of halogens is 1. The highest BCUT2D eigenvalue weighted by atomic mass is 32.1. The zero-order valence-electron chi connectivity index (χ0n) is 15.2. The maximum Gasteiger partial charge on any atom is 0.228 e. The lowest BCUT2D eigenvalue weighted by atomic mass is 10.2. The van der Waals surface area contributed by atoms with Gasteiger partial charge in [0.25, 0.3) is 0 Å². The van der Waals surface area contributed by atoms with Crippen molar-refractivity contribution in [2.75, 3.05) is 23.3 Å². The Kier molecular flexibility index (Phi) is 3.56. The number of hydrogen-bond donors (Lipinski definition) is 2. The van der Waals surface area contributed by atoms with Crippen molar-refractivity contribution in [3.63, 3.8) is 0 Å². The summed E-state index contributed by atoms with van der Waals surface area (Å²) in [6, 6.07) is 10.3. The van der Waals surface area contributed by atoms with Gasteiger partial charge in [-0.15, -0.1) is 11.3 Å². The molecular formula is C20H19FN6S. The first kappa shape index (κ1) is 16.2. The van der Waals surface area contributed by atoms with Crippen molar-refractivity contribution < 1.29 is 4.39 Å². The molecule has 6 nitrogen and oxygen atoms in total. The number of fused-ring (bicyclic) bond motifs is 3. The molecule has 6 rings (SSSR count). The summed E-state index contributed by atoms with van der Waals surface area (Å²) in [5.74, 6) is 2.68. The van der Waals surface area contributed by atoms with Crippen LogP contribution in [0, 0.1) is 0 Å². The molecule has 28 heavy (non-hydrogen) atoms. The monoisotopic (exact) mass is 394 g/mol. The largest absolute Gasteiger partial charge is 0.338 e. The Hall–Kier alpha value is -2.74. The maximum absolute atomic E-state index is 13.8. The Morgan fingerprint density at radius 1 is 1.18 bits per heavy atom. The van der Waals surface area contributed by atoms with Gasteiger partial charge in [-0.2, -0.15) is 10.1 Å². The molecule has 2 N–H and O–H groups in total. The fourth-order valence-corrected chi connectivity index (χ4v) is 4.92. The third-order valence-corrected chi connectivity index (χ3v) is 6.65. The van der Waals surface area contributed by atoms with Crippen molar-refractivity contribution in [1.29, 1.82) is 0 Å². The molecule has 0 unspecified atom stereocenters. The SMILES string of the molecule is F[C@H]1CCN(c2nc(Nc3cc(C4CC4)[nH]n3)c3sc4ccccc4c3n2)C1. The van der Waals surface area contributed by atoms with Crippen LogP contribution in [0.25, 0.3) is 20.3 Å². The second-order valence-corrected chi connectivity index (χ2v) is 8.64. The Morgan fingerprint density at radius 3 is 2.89 bits per heavy atom. The van der Waals surface area contributed by atoms with Gasteiger partial charge in [-0.05, 0) is 25.3 Å². The summed E-state index contributed by atoms with van der Waals surface area (Å²) >= 11 is 1.67. The van der Waals surface area contributed by atoms with E-state index in [9.17, 15) is 4.39 Å². The van der Waals surface area contributed by atoms with Crippen molar-refractivity contribution in [2.45, 2.75) is 31.4 Å². The molecule has 1 saturated carbocycles. The predicted molar refractivity (Wildman–Crippen MR) is 110 cm³/mol. The smallest absolute Gasteiger partial charge is 0.228 e. The van der Waals surface area contributed by atoms with Crippen LogP contribution in [-0.2, 0) is 0 Å². The molecule has 4 heterocycles. The second kappa shape index (κ2) is 6.13. The molecule has 3 aromatic heterocycles. The third kappa shape index (κ3) is 2.71. The van der Waals surface area contributed by atoms with E-state index in [4.69, 9.17) is 9.97 Å². The van der Waals surface area contributed by atoms with Crippen molar-refractivity contribution in [3.05, 3.63) is 36.0 Å². The topological polar surface area (TPSA) is 69.7 Å². The number of aromatic amines is 1. The van der Waals surface area contributed by atoms with Crippen LogP contribution in [0.5, 0.6) is 0 Å². The summed E-state index contributed by atoms with van der Waals surface area (Å²) < 4.78 is 15.9. The van der Waals surface area contributed by atoms with Gasteiger partial charge in [-0.3, -0.25) is 5.10 Å². The Balaban J connectivity index is 1.48. The molecule has 1 aliphatic heterocycles. The van der Waals surface area contributed by atoms with Crippen LogP contribution in [0.4, 0.5) is 22.0 Å². The summed E-state index contributed by atoms with van der Waals surface area (Å²) in [5, 5.41) is 12.0. The molecule has 1 atom stereocenters. The lowest BCUT2D eigenvalue weighted by Crippen LogP contribution is -2.22. The molecule has 0 amide bonds. The van der Waals surface area contributed by atoms with E-state index in [1.807, 2.05) is 17.0 Å². The number of rotatable bonds is 4. The van der Waals surface area contributed by atoms with E-state index >= 15 is 0 Å². The van der Waals surface area contributed by atoms with E-state index in [0.29, 0.717) is 31.4 Å². The molecule has 4 aromatic rings. The van der Waals surface area contributed by atoms with E-state index in [1.54, 1.807) is 11.3 Å². The van der Waals surface area contributed by atoms with Gasteiger partial charge in [0.15, 0.2) is 11.6 Å². The van der Waals surface area contributed by atoms with Gasteiger partial charge in [0, 0.05) is 34.3 Å². The highest BCUT2D eigenvalue weighted by Crippen LogP contribution is 2.41. The van der Waals surface area contributed by atoms with Gasteiger partial charge in [-0.25, -0.2) is 9.37 Å². The quantitative estimate of drug-likeness (QED) is 0.523. The minimum Gasteiger partial charge on any atom is -0.338 e. The highest BCUT2D eigenvalue weighted by molar-refractivity contribution is 7.26. The van der Waals surface area contributed by atoms with Crippen LogP contribution < -0.4 is 10.2 Å². The first-order valence-corrected chi connectivity index (χ1v) is 10.5. The Morgan fingerprint density at radius 2 is 2.07 bits per heavy atom. The van der Waals surface area contributed by atoms with Crippen LogP contribution in [-0.4, -0.2) is 39.4 Å². The molecular weight excluding hydrogens is 375 g/mol. The number of aromatic nitrogens is 4. The molecule has 8 heteroatoms. The summed E-state index contributed by atoms with van der Waals surface area (Å²) in [6.07, 6.45) is 2.15. The molecule has 1 aromatic carbocycles. The van der Waals surface area contributed by atoms with Crippen LogP contribution in [0.2, 0.25) is 0 Å². The number of thiophene rings is 1. The molecule has 1 saturated heterocycles. The van der Waals surface area contributed by atoms with Crippen molar-refractivity contribution in [1.82, 2.24) is 20.2 Å². The number of benzene rings is 1. The van der Waals surface area contributed by atoms with Crippen molar-refractivity contribution in [3.8, 4) is 0 Å². The minimum atomic E-state index is -0.817. The average Bonchev–Trinajstić information content (AvgIpc) is 3.11. The number of anilines is 3. The fraction of sp³-hybridized carbons (Fsp3) is 0.350. The number of alkyl halides is 1. The molecule has 0 spiro atoms. The van der Waals surface area contributed by atoms with Gasteiger partial charge in [0.2, 0.25) is 5.95 Å². The Bertz CT molecular complexity index is 1180. The van der Waals surface area contributed by atoms with Crippen LogP contribution in [0.3, 0.4) is 0 Å². The summed E-state index contributed by atoms with van der Waals surface area (Å²) in [7, 11) is 0. The van der Waals surface area contributed by atoms with Crippen molar-refractivity contribution in [2.24, 2.45) is 0 Å². The molecule has 142 valence electrons. The first-order chi connectivity index (χ1) is 13.7. The number of nitrogens with zero attached hydrogens (tertiary/aromatic N) is 4. The van der Waals surface area contributed by atoms with Gasteiger partial charge in [-0.1, -0.05) is 18.2 Å². The molecule has 2 fully saturated rings. The van der Waals surface area contributed by atoms with E-state index < -0.39 is 6.17 Å². The van der Waals surface area contributed by atoms with Gasteiger partial charge < -0.3 is 10.2 Å². The third-order valence-electron chi connectivity index (χ3n) is 5.48. The van der Waals surface area contributed by atoms with Crippen molar-refractivity contribution >= 4 is 49.2 Å². The number of nitrogens with one attached hydrogen (secondary N) is 2. The van der Waals surface area contributed by atoms with Crippen LogP contribution in [0.15, 0.2) is 30.3 Å². The fourth-order valence-electron chi connectivity index (χ4n) is 3.83. The van der Waals surface area contributed by atoms with Gasteiger partial charge in [0.1, 0.15) is 6.17 Å². The highest BCUT2D eigenvalue weighted by Gasteiger charge is 2.27. The normalized spacial score (nSPS) is 19.8. The van der Waals surface area contributed by atoms with E-state index in [0.717, 1.165) is 31.9 Å². The van der Waals surface area contributed by atoms with E-state index in [-0.39, 0.29) is 0 Å². The molecule has 2 aliphatic rings. The predicted octanol–water partition coefficient (Wildman–Crippen LogP) is 4.74. The van der Waals surface area contributed by atoms with Gasteiger partial charge in [0.05, 0.1) is 16.8 Å². The van der Waals surface area contributed by atoms with Crippen LogP contribution >= 0.6 is 11.3 Å². The Labute approximate surface area is 164 Å².